The van der Waals surface area contributed by atoms with Gasteiger partial charge in [0.15, 0.2) is 0 Å². The van der Waals surface area contributed by atoms with E-state index in [9.17, 15) is 19.8 Å². The minimum Gasteiger partial charge on any atom is -0.508 e. The monoisotopic (exact) mass is 306 g/mol. The quantitative estimate of drug-likeness (QED) is 0.779. The molecule has 0 spiro atoms. The molecule has 3 N–H and O–H groups in total. The van der Waals surface area contributed by atoms with E-state index in [1.165, 1.54) is 23.5 Å². The topological polar surface area (TPSA) is 99.5 Å². The number of aliphatic carboxylic acids is 1. The van der Waals surface area contributed by atoms with Crippen LogP contribution in [0.3, 0.4) is 0 Å². The Morgan fingerprint density at radius 1 is 1.33 bits per heavy atom. The van der Waals surface area contributed by atoms with Crippen molar-refractivity contribution in [3.8, 4) is 5.75 Å². The predicted molar refractivity (Wildman–Crippen MR) is 77.6 cm³/mol. The van der Waals surface area contributed by atoms with E-state index < -0.39 is 17.9 Å². The number of carbonyl (C=O) groups excluding carboxylic acids is 1. The van der Waals surface area contributed by atoms with Gasteiger partial charge in [0, 0.05) is 11.8 Å². The first kappa shape index (κ1) is 15.0. The van der Waals surface area contributed by atoms with Gasteiger partial charge in [0.1, 0.15) is 17.5 Å². The van der Waals surface area contributed by atoms with E-state index in [4.69, 9.17) is 0 Å². The van der Waals surface area contributed by atoms with Gasteiger partial charge in [-0.2, -0.15) is 0 Å². The zero-order valence-electron chi connectivity index (χ0n) is 11.2. The van der Waals surface area contributed by atoms with Gasteiger partial charge in [0.2, 0.25) is 0 Å². The van der Waals surface area contributed by atoms with Crippen LogP contribution in [0.4, 0.5) is 0 Å². The van der Waals surface area contributed by atoms with Gasteiger partial charge in [-0.3, -0.25) is 4.79 Å². The summed E-state index contributed by atoms with van der Waals surface area (Å²) in [5.74, 6) is -1.53. The van der Waals surface area contributed by atoms with Gasteiger partial charge < -0.3 is 15.5 Å². The summed E-state index contributed by atoms with van der Waals surface area (Å²) >= 11 is 1.33. The molecular weight excluding hydrogens is 292 g/mol. The summed E-state index contributed by atoms with van der Waals surface area (Å²) in [6, 6.07) is 5.12. The Morgan fingerprint density at radius 3 is 2.52 bits per heavy atom. The average Bonchev–Trinajstić information content (AvgIpc) is 2.87. The van der Waals surface area contributed by atoms with Crippen LogP contribution in [0.2, 0.25) is 0 Å². The molecule has 1 heterocycles. The van der Waals surface area contributed by atoms with Gasteiger partial charge in [0.05, 0.1) is 5.01 Å². The molecule has 1 amide bonds. The summed E-state index contributed by atoms with van der Waals surface area (Å²) < 4.78 is 0. The lowest BCUT2D eigenvalue weighted by molar-refractivity contribution is -0.139. The van der Waals surface area contributed by atoms with Crippen molar-refractivity contribution in [3.63, 3.8) is 0 Å². The highest BCUT2D eigenvalue weighted by Gasteiger charge is 2.22. The van der Waals surface area contributed by atoms with Crippen molar-refractivity contribution in [1.82, 2.24) is 10.3 Å². The first-order valence-electron chi connectivity index (χ1n) is 6.19. The number of hydrogen-bond donors (Lipinski definition) is 3. The van der Waals surface area contributed by atoms with Gasteiger partial charge in [-0.15, -0.1) is 11.3 Å². The average molecular weight is 306 g/mol. The number of aryl methyl sites for hydroxylation is 1. The van der Waals surface area contributed by atoms with E-state index >= 15 is 0 Å². The van der Waals surface area contributed by atoms with Crippen LogP contribution < -0.4 is 5.32 Å². The second-order valence-electron chi connectivity index (χ2n) is 4.49. The predicted octanol–water partition coefficient (Wildman–Crippen LogP) is 1.58. The number of phenols is 1. The second kappa shape index (κ2) is 6.36. The number of phenolic OH excluding ortho intramolecular Hbond substituents is 1. The normalized spacial score (nSPS) is 11.9. The number of aromatic hydroxyl groups is 1. The third kappa shape index (κ3) is 4.03. The molecule has 0 saturated carbocycles. The number of nitrogens with zero attached hydrogens (tertiary/aromatic N) is 1. The second-order valence-corrected chi connectivity index (χ2v) is 5.55. The van der Waals surface area contributed by atoms with E-state index in [1.54, 1.807) is 24.4 Å². The fourth-order valence-electron chi connectivity index (χ4n) is 1.77. The van der Waals surface area contributed by atoms with Gasteiger partial charge in [-0.05, 0) is 24.6 Å². The number of thiazole rings is 1. The molecule has 1 aromatic carbocycles. The molecule has 1 atom stereocenters. The van der Waals surface area contributed by atoms with E-state index in [0.29, 0.717) is 5.56 Å². The molecule has 6 nitrogen and oxygen atoms in total. The lowest BCUT2D eigenvalue weighted by Crippen LogP contribution is -2.42. The Bertz CT molecular complexity index is 651. The van der Waals surface area contributed by atoms with Gasteiger partial charge >= 0.3 is 5.97 Å². The van der Waals surface area contributed by atoms with Gasteiger partial charge in [0.25, 0.3) is 5.91 Å². The summed E-state index contributed by atoms with van der Waals surface area (Å²) in [7, 11) is 0. The highest BCUT2D eigenvalue weighted by atomic mass is 32.1. The molecule has 2 aromatic rings. The molecule has 7 heteroatoms. The van der Waals surface area contributed by atoms with Crippen LogP contribution in [0.1, 0.15) is 21.1 Å². The summed E-state index contributed by atoms with van der Waals surface area (Å²) in [5.41, 5.74) is 0.921. The maximum absolute atomic E-state index is 11.9. The summed E-state index contributed by atoms with van der Waals surface area (Å²) in [4.78, 5) is 27.2. The lowest BCUT2D eigenvalue weighted by Gasteiger charge is -2.13. The standard InChI is InChI=1S/C14H14N2O4S/c1-8-15-12(7-21-8)13(18)16-11(14(19)20)6-9-2-4-10(17)5-3-9/h2-5,7,11,17H,6H2,1H3,(H,16,18)(H,19,20)/t11-/m0/s1. The van der Waals surface area contributed by atoms with E-state index in [-0.39, 0.29) is 17.9 Å². The van der Waals surface area contributed by atoms with Crippen molar-refractivity contribution < 1.29 is 19.8 Å². The number of nitrogens with one attached hydrogen (secondary N) is 1. The van der Waals surface area contributed by atoms with Crippen LogP contribution >= 0.6 is 11.3 Å². The van der Waals surface area contributed by atoms with Crippen LogP contribution in [0, 0.1) is 6.92 Å². The number of aromatic nitrogens is 1. The number of rotatable bonds is 5. The molecule has 1 aromatic heterocycles. The zero-order valence-corrected chi connectivity index (χ0v) is 12.1. The van der Waals surface area contributed by atoms with Crippen molar-refractivity contribution in [2.75, 3.05) is 0 Å². The van der Waals surface area contributed by atoms with Crippen LogP contribution in [-0.4, -0.2) is 33.1 Å². The van der Waals surface area contributed by atoms with Crippen LogP contribution in [0.15, 0.2) is 29.6 Å². The molecule has 110 valence electrons. The van der Waals surface area contributed by atoms with Crippen LogP contribution in [-0.2, 0) is 11.2 Å². The highest BCUT2D eigenvalue weighted by molar-refractivity contribution is 7.09. The summed E-state index contributed by atoms with van der Waals surface area (Å²) in [5, 5.41) is 23.2. The Balaban J connectivity index is 2.07. The molecule has 0 aliphatic heterocycles. The molecule has 0 radical (unpaired) electrons. The third-order valence-corrected chi connectivity index (χ3v) is 3.60. The Kier molecular flexibility index (Phi) is 4.54. The summed E-state index contributed by atoms with van der Waals surface area (Å²) in [6.45, 7) is 1.77. The molecule has 0 unspecified atom stereocenters. The molecular formula is C14H14N2O4S. The molecule has 0 saturated heterocycles. The molecule has 0 fully saturated rings. The Morgan fingerprint density at radius 2 is 2.00 bits per heavy atom. The largest absolute Gasteiger partial charge is 0.508 e. The maximum Gasteiger partial charge on any atom is 0.326 e. The van der Waals surface area contributed by atoms with Gasteiger partial charge in [-0.25, -0.2) is 9.78 Å². The summed E-state index contributed by atoms with van der Waals surface area (Å²) in [6.07, 6.45) is 0.129. The van der Waals surface area contributed by atoms with Crippen LogP contribution in [0.25, 0.3) is 0 Å². The molecule has 21 heavy (non-hydrogen) atoms. The van der Waals surface area contributed by atoms with Gasteiger partial charge in [-0.1, -0.05) is 12.1 Å². The lowest BCUT2D eigenvalue weighted by atomic mass is 10.1. The van der Waals surface area contributed by atoms with Crippen molar-refractivity contribution in [2.45, 2.75) is 19.4 Å². The number of carboxylic acids is 1. The SMILES string of the molecule is Cc1nc(C(=O)N[C@@H](Cc2ccc(O)cc2)C(=O)O)cs1. The van der Waals surface area contributed by atoms with Crippen LogP contribution in [0.5, 0.6) is 5.75 Å². The highest BCUT2D eigenvalue weighted by Crippen LogP contribution is 2.12. The molecule has 2 rings (SSSR count). The van der Waals surface area contributed by atoms with Crippen molar-refractivity contribution >= 4 is 23.2 Å². The molecule has 0 bridgehead atoms. The van der Waals surface area contributed by atoms with Crippen molar-refractivity contribution in [3.05, 3.63) is 45.9 Å². The number of hydrogen-bond acceptors (Lipinski definition) is 5. The van der Waals surface area contributed by atoms with E-state index in [1.807, 2.05) is 0 Å². The fraction of sp³-hybridized carbons (Fsp3) is 0.214. The Hall–Kier alpha value is -2.41. The van der Waals surface area contributed by atoms with Crippen molar-refractivity contribution in [1.29, 1.82) is 0 Å². The third-order valence-electron chi connectivity index (χ3n) is 2.83. The fourth-order valence-corrected chi connectivity index (χ4v) is 2.36. The van der Waals surface area contributed by atoms with E-state index in [2.05, 4.69) is 10.3 Å². The molecule has 0 aliphatic rings. The zero-order chi connectivity index (χ0) is 15.4. The minimum absolute atomic E-state index is 0.104. The minimum atomic E-state index is -1.12. The smallest absolute Gasteiger partial charge is 0.326 e. The first-order valence-corrected chi connectivity index (χ1v) is 7.07. The number of amides is 1. The number of benzene rings is 1. The number of carbonyl (C=O) groups is 2. The molecule has 0 aliphatic carbocycles. The first-order chi connectivity index (χ1) is 9.95. The maximum atomic E-state index is 11.9. The number of carboxylic acid groups (broad SMARTS) is 1. The van der Waals surface area contributed by atoms with E-state index in [0.717, 1.165) is 5.01 Å². The van der Waals surface area contributed by atoms with Crippen molar-refractivity contribution in [2.24, 2.45) is 0 Å². The Labute approximate surface area is 125 Å².